The van der Waals surface area contributed by atoms with E-state index in [0.29, 0.717) is 11.5 Å². The molecule has 2 nitrogen and oxygen atoms in total. The van der Waals surface area contributed by atoms with Gasteiger partial charge in [-0.15, -0.1) is 11.3 Å². The van der Waals surface area contributed by atoms with Crippen molar-refractivity contribution in [2.75, 3.05) is 26.7 Å². The predicted octanol–water partition coefficient (Wildman–Crippen LogP) is 4.03. The second kappa shape index (κ2) is 7.75. The number of nitrogens with one attached hydrogen (secondary N) is 1. The topological polar surface area (TPSA) is 15.3 Å². The zero-order valence-electron chi connectivity index (χ0n) is 14.2. The highest BCUT2D eigenvalue weighted by Gasteiger charge is 2.38. The van der Waals surface area contributed by atoms with Crippen LogP contribution in [0.4, 0.5) is 0 Å². The van der Waals surface area contributed by atoms with Crippen molar-refractivity contribution < 1.29 is 0 Å². The fraction of sp³-hybridized carbons (Fsp3) is 0.778. The van der Waals surface area contributed by atoms with Gasteiger partial charge >= 0.3 is 0 Å². The van der Waals surface area contributed by atoms with Crippen molar-refractivity contribution in [2.45, 2.75) is 52.5 Å². The van der Waals surface area contributed by atoms with Crippen LogP contribution in [0, 0.1) is 11.3 Å². The van der Waals surface area contributed by atoms with Crippen molar-refractivity contribution in [3.63, 3.8) is 0 Å². The van der Waals surface area contributed by atoms with Crippen LogP contribution < -0.4 is 5.32 Å². The van der Waals surface area contributed by atoms with E-state index < -0.39 is 0 Å². The SMILES string of the molecule is CCNC1C(CN(C)CCc2cccs2)CCCC1(C)C. The first-order valence-electron chi connectivity index (χ1n) is 8.47. The van der Waals surface area contributed by atoms with E-state index in [2.05, 4.69) is 55.5 Å². The van der Waals surface area contributed by atoms with Crippen molar-refractivity contribution in [1.29, 1.82) is 0 Å². The number of rotatable bonds is 7. The molecule has 2 rings (SSSR count). The molecule has 1 aliphatic rings. The second-order valence-corrected chi connectivity index (χ2v) is 8.30. The number of hydrogen-bond donors (Lipinski definition) is 1. The molecule has 0 saturated heterocycles. The van der Waals surface area contributed by atoms with Gasteiger partial charge < -0.3 is 10.2 Å². The summed E-state index contributed by atoms with van der Waals surface area (Å²) in [5.41, 5.74) is 0.438. The molecule has 0 spiro atoms. The van der Waals surface area contributed by atoms with Crippen molar-refractivity contribution >= 4 is 11.3 Å². The first-order valence-corrected chi connectivity index (χ1v) is 9.35. The maximum Gasteiger partial charge on any atom is 0.0159 e. The van der Waals surface area contributed by atoms with Crippen molar-refractivity contribution in [1.82, 2.24) is 10.2 Å². The predicted molar refractivity (Wildman–Crippen MR) is 94.1 cm³/mol. The minimum absolute atomic E-state index is 0.438. The molecule has 3 heteroatoms. The third-order valence-corrected chi connectivity index (χ3v) is 5.94. The smallest absolute Gasteiger partial charge is 0.0159 e. The van der Waals surface area contributed by atoms with E-state index in [-0.39, 0.29) is 0 Å². The summed E-state index contributed by atoms with van der Waals surface area (Å²) < 4.78 is 0. The first kappa shape index (κ1) is 17.0. The van der Waals surface area contributed by atoms with E-state index in [1.807, 2.05) is 11.3 Å². The van der Waals surface area contributed by atoms with Gasteiger partial charge in [0.15, 0.2) is 0 Å². The molecule has 1 saturated carbocycles. The normalized spacial score (nSPS) is 25.4. The second-order valence-electron chi connectivity index (χ2n) is 7.27. The van der Waals surface area contributed by atoms with E-state index in [0.717, 1.165) is 12.5 Å². The number of thiophene rings is 1. The van der Waals surface area contributed by atoms with Gasteiger partial charge in [-0.1, -0.05) is 33.3 Å². The first-order chi connectivity index (χ1) is 10.0. The summed E-state index contributed by atoms with van der Waals surface area (Å²) >= 11 is 1.88. The molecular weight excluding hydrogens is 276 g/mol. The summed E-state index contributed by atoms with van der Waals surface area (Å²) in [5.74, 6) is 0.794. The lowest BCUT2D eigenvalue weighted by molar-refractivity contribution is 0.0867. The largest absolute Gasteiger partial charge is 0.313 e. The lowest BCUT2D eigenvalue weighted by atomic mass is 9.67. The van der Waals surface area contributed by atoms with Gasteiger partial charge in [0, 0.05) is 24.0 Å². The summed E-state index contributed by atoms with van der Waals surface area (Å²) in [5, 5.41) is 5.96. The minimum atomic E-state index is 0.438. The van der Waals surface area contributed by atoms with E-state index in [4.69, 9.17) is 0 Å². The molecule has 21 heavy (non-hydrogen) atoms. The molecule has 0 bridgehead atoms. The Hall–Kier alpha value is -0.380. The molecule has 2 atom stereocenters. The summed E-state index contributed by atoms with van der Waals surface area (Å²) in [7, 11) is 2.29. The Morgan fingerprint density at radius 3 is 2.90 bits per heavy atom. The Morgan fingerprint density at radius 2 is 2.24 bits per heavy atom. The molecule has 0 aliphatic heterocycles. The molecule has 1 aliphatic carbocycles. The van der Waals surface area contributed by atoms with Gasteiger partial charge in [0.25, 0.3) is 0 Å². The number of likely N-dealkylation sites (N-methyl/N-ethyl adjacent to an activating group) is 1. The fourth-order valence-electron chi connectivity index (χ4n) is 3.89. The van der Waals surface area contributed by atoms with E-state index in [9.17, 15) is 0 Å². The van der Waals surface area contributed by atoms with Gasteiger partial charge in [0.1, 0.15) is 0 Å². The Balaban J connectivity index is 1.86. The molecule has 1 heterocycles. The van der Waals surface area contributed by atoms with Crippen LogP contribution in [0.25, 0.3) is 0 Å². The van der Waals surface area contributed by atoms with Crippen molar-refractivity contribution in [3.05, 3.63) is 22.4 Å². The number of nitrogens with zero attached hydrogens (tertiary/aromatic N) is 1. The Bertz CT molecular complexity index is 399. The molecule has 120 valence electrons. The van der Waals surface area contributed by atoms with E-state index in [1.54, 1.807) is 0 Å². The highest BCUT2D eigenvalue weighted by atomic mass is 32.1. The zero-order valence-corrected chi connectivity index (χ0v) is 15.0. The lowest BCUT2D eigenvalue weighted by Gasteiger charge is -2.45. The number of hydrogen-bond acceptors (Lipinski definition) is 3. The minimum Gasteiger partial charge on any atom is -0.313 e. The lowest BCUT2D eigenvalue weighted by Crippen LogP contribution is -2.52. The van der Waals surface area contributed by atoms with Crippen LogP contribution in [0.3, 0.4) is 0 Å². The molecule has 2 unspecified atom stereocenters. The highest BCUT2D eigenvalue weighted by Crippen LogP contribution is 2.39. The maximum atomic E-state index is 3.78. The van der Waals surface area contributed by atoms with E-state index in [1.165, 1.54) is 43.6 Å². The quantitative estimate of drug-likeness (QED) is 0.818. The van der Waals surface area contributed by atoms with Crippen molar-refractivity contribution in [2.24, 2.45) is 11.3 Å². The van der Waals surface area contributed by atoms with Crippen LogP contribution in [0.1, 0.15) is 44.9 Å². The van der Waals surface area contributed by atoms with E-state index >= 15 is 0 Å². The highest BCUT2D eigenvalue weighted by molar-refractivity contribution is 7.09. The van der Waals surface area contributed by atoms with Gasteiger partial charge in [-0.25, -0.2) is 0 Å². The van der Waals surface area contributed by atoms with Gasteiger partial charge in [-0.3, -0.25) is 0 Å². The summed E-state index contributed by atoms with van der Waals surface area (Å²) in [6.45, 7) is 10.6. The standard InChI is InChI=1S/C18H32N2S/c1-5-19-17-15(8-6-11-18(17,2)3)14-20(4)12-10-16-9-7-13-21-16/h7,9,13,15,17,19H,5-6,8,10-12,14H2,1-4H3. The molecule has 1 N–H and O–H groups in total. The average Bonchev–Trinajstić information content (AvgIpc) is 2.93. The average molecular weight is 309 g/mol. The van der Waals surface area contributed by atoms with Crippen LogP contribution in [0.5, 0.6) is 0 Å². The fourth-order valence-corrected chi connectivity index (χ4v) is 4.59. The monoisotopic (exact) mass is 308 g/mol. The molecule has 0 aromatic carbocycles. The van der Waals surface area contributed by atoms with Crippen LogP contribution in [0.15, 0.2) is 17.5 Å². The third kappa shape index (κ3) is 4.80. The summed E-state index contributed by atoms with van der Waals surface area (Å²) in [6.07, 6.45) is 5.32. The zero-order chi connectivity index (χ0) is 15.3. The van der Waals surface area contributed by atoms with Crippen molar-refractivity contribution in [3.8, 4) is 0 Å². The summed E-state index contributed by atoms with van der Waals surface area (Å²) in [6, 6.07) is 5.08. The molecule has 1 fully saturated rings. The van der Waals surface area contributed by atoms with Crippen LogP contribution >= 0.6 is 11.3 Å². The molecule has 0 amide bonds. The molecular formula is C18H32N2S. The molecule has 0 radical (unpaired) electrons. The summed E-state index contributed by atoms with van der Waals surface area (Å²) in [4.78, 5) is 4.05. The molecule has 1 aromatic rings. The van der Waals surface area contributed by atoms with Gasteiger partial charge in [0.2, 0.25) is 0 Å². The molecule has 1 aromatic heterocycles. The van der Waals surface area contributed by atoms with Crippen LogP contribution in [-0.2, 0) is 6.42 Å². The third-order valence-electron chi connectivity index (χ3n) is 5.00. The van der Waals surface area contributed by atoms with Gasteiger partial charge in [-0.05, 0) is 55.6 Å². The Kier molecular flexibility index (Phi) is 6.27. The Labute approximate surface area is 134 Å². The van der Waals surface area contributed by atoms with Gasteiger partial charge in [-0.2, -0.15) is 0 Å². The van der Waals surface area contributed by atoms with Gasteiger partial charge in [0.05, 0.1) is 0 Å². The maximum absolute atomic E-state index is 3.78. The van der Waals surface area contributed by atoms with Crippen LogP contribution in [0.2, 0.25) is 0 Å². The Morgan fingerprint density at radius 1 is 1.43 bits per heavy atom. The van der Waals surface area contributed by atoms with Crippen LogP contribution in [-0.4, -0.2) is 37.6 Å².